The smallest absolute Gasteiger partial charge is 0.257 e. The maximum absolute atomic E-state index is 12.4. The van der Waals surface area contributed by atoms with Gasteiger partial charge in [0.1, 0.15) is 17.1 Å². The lowest BCUT2D eigenvalue weighted by Gasteiger charge is -2.17. The Morgan fingerprint density at radius 3 is 2.73 bits per heavy atom. The van der Waals surface area contributed by atoms with E-state index in [9.17, 15) is 4.79 Å². The molecule has 0 aromatic carbocycles. The van der Waals surface area contributed by atoms with Crippen molar-refractivity contribution in [3.63, 3.8) is 0 Å². The Morgan fingerprint density at radius 1 is 1.27 bits per heavy atom. The van der Waals surface area contributed by atoms with Crippen LogP contribution in [0, 0.1) is 26.7 Å². The van der Waals surface area contributed by atoms with Crippen LogP contribution in [0.5, 0.6) is 0 Å². The molecule has 1 fully saturated rings. The van der Waals surface area contributed by atoms with Crippen molar-refractivity contribution in [2.75, 3.05) is 13.2 Å². The Balaban J connectivity index is 1.67. The van der Waals surface area contributed by atoms with Crippen LogP contribution in [-0.2, 0) is 11.2 Å². The monoisotopic (exact) mass is 305 g/mol. The predicted molar refractivity (Wildman–Crippen MR) is 76.5 cm³/mol. The number of amides is 1. The molecule has 22 heavy (non-hydrogen) atoms. The van der Waals surface area contributed by atoms with Gasteiger partial charge in [-0.25, -0.2) is 0 Å². The Hall–Kier alpha value is -2.15. The fraction of sp³-hybridized carbons (Fsp3) is 0.533. The van der Waals surface area contributed by atoms with E-state index in [4.69, 9.17) is 13.8 Å². The first-order valence-corrected chi connectivity index (χ1v) is 7.28. The molecular formula is C15H19N3O4. The first kappa shape index (κ1) is 14.8. The summed E-state index contributed by atoms with van der Waals surface area (Å²) in [6.45, 7) is 6.45. The Labute approximate surface area is 128 Å². The van der Waals surface area contributed by atoms with E-state index in [1.807, 2.05) is 13.0 Å². The van der Waals surface area contributed by atoms with E-state index in [2.05, 4.69) is 15.6 Å². The lowest BCUT2D eigenvalue weighted by molar-refractivity contribution is 0.0922. The number of nitrogens with zero attached hydrogens (tertiary/aromatic N) is 2. The summed E-state index contributed by atoms with van der Waals surface area (Å²) >= 11 is 0. The van der Waals surface area contributed by atoms with Gasteiger partial charge in [0.15, 0.2) is 0 Å². The normalized spacial score (nSPS) is 21.2. The quantitative estimate of drug-likeness (QED) is 0.922. The molecule has 0 aliphatic carbocycles. The van der Waals surface area contributed by atoms with Crippen LogP contribution in [0.25, 0.3) is 0 Å². The summed E-state index contributed by atoms with van der Waals surface area (Å²) in [6.07, 6.45) is 0.688. The minimum absolute atomic E-state index is 0.0633. The lowest BCUT2D eigenvalue weighted by atomic mass is 9.97. The van der Waals surface area contributed by atoms with Crippen molar-refractivity contribution in [2.45, 2.75) is 33.2 Å². The summed E-state index contributed by atoms with van der Waals surface area (Å²) < 4.78 is 15.8. The summed E-state index contributed by atoms with van der Waals surface area (Å²) in [6, 6.07) is 1.84. The van der Waals surface area contributed by atoms with Crippen LogP contribution in [0.4, 0.5) is 0 Å². The highest BCUT2D eigenvalue weighted by Gasteiger charge is 2.32. The van der Waals surface area contributed by atoms with Gasteiger partial charge in [0.2, 0.25) is 0 Å². The second-order valence-corrected chi connectivity index (χ2v) is 5.72. The topological polar surface area (TPSA) is 90.4 Å². The van der Waals surface area contributed by atoms with Crippen LogP contribution in [-0.4, -0.2) is 35.5 Å². The van der Waals surface area contributed by atoms with E-state index < -0.39 is 0 Å². The zero-order valence-electron chi connectivity index (χ0n) is 12.9. The molecule has 3 heterocycles. The second kappa shape index (κ2) is 5.92. The molecule has 7 nitrogen and oxygen atoms in total. The molecule has 2 atom stereocenters. The van der Waals surface area contributed by atoms with E-state index in [-0.39, 0.29) is 17.9 Å². The molecule has 2 aromatic heterocycles. The summed E-state index contributed by atoms with van der Waals surface area (Å²) in [5.41, 5.74) is 1.95. The highest BCUT2D eigenvalue weighted by molar-refractivity contribution is 5.96. The van der Waals surface area contributed by atoms with Gasteiger partial charge in [-0.3, -0.25) is 4.79 Å². The summed E-state index contributed by atoms with van der Waals surface area (Å²) in [7, 11) is 0. The number of carbonyl (C=O) groups excluding carboxylic acids is 1. The molecule has 1 amide bonds. The molecule has 118 valence electrons. The number of hydrogen-bond donors (Lipinski definition) is 1. The lowest BCUT2D eigenvalue weighted by Crippen LogP contribution is -2.40. The maximum Gasteiger partial charge on any atom is 0.257 e. The van der Waals surface area contributed by atoms with E-state index >= 15 is 0 Å². The number of aryl methyl sites for hydroxylation is 3. The Kier molecular flexibility index (Phi) is 3.98. The minimum atomic E-state index is -0.175. The fourth-order valence-corrected chi connectivity index (χ4v) is 2.78. The SMILES string of the molecule is Cc1cc(C[C@H]2COC[C@H]2NC(=O)c2c(C)noc2C)on1. The molecule has 0 spiro atoms. The van der Waals surface area contributed by atoms with E-state index in [1.165, 1.54) is 0 Å². The van der Waals surface area contributed by atoms with Crippen molar-refractivity contribution in [1.29, 1.82) is 0 Å². The first-order valence-electron chi connectivity index (χ1n) is 7.28. The summed E-state index contributed by atoms with van der Waals surface area (Å²) in [5.74, 6) is 1.32. The van der Waals surface area contributed by atoms with Crippen molar-refractivity contribution >= 4 is 5.91 Å². The minimum Gasteiger partial charge on any atom is -0.379 e. The highest BCUT2D eigenvalue weighted by atomic mass is 16.5. The van der Waals surface area contributed by atoms with Gasteiger partial charge in [-0.1, -0.05) is 10.3 Å². The zero-order valence-corrected chi connectivity index (χ0v) is 12.9. The summed E-state index contributed by atoms with van der Waals surface area (Å²) in [4.78, 5) is 12.4. The number of carbonyl (C=O) groups is 1. The average Bonchev–Trinajstić information content (AvgIpc) is 3.14. The van der Waals surface area contributed by atoms with E-state index in [1.54, 1.807) is 13.8 Å². The van der Waals surface area contributed by atoms with Gasteiger partial charge in [-0.15, -0.1) is 0 Å². The molecule has 1 saturated heterocycles. The molecule has 3 rings (SSSR count). The Morgan fingerprint density at radius 2 is 2.09 bits per heavy atom. The second-order valence-electron chi connectivity index (χ2n) is 5.72. The van der Waals surface area contributed by atoms with Crippen LogP contribution in [0.15, 0.2) is 15.1 Å². The van der Waals surface area contributed by atoms with Crippen LogP contribution < -0.4 is 5.32 Å². The number of hydrogen-bond acceptors (Lipinski definition) is 6. The molecule has 0 radical (unpaired) electrons. The van der Waals surface area contributed by atoms with Crippen molar-refractivity contribution in [3.05, 3.63) is 34.5 Å². The summed E-state index contributed by atoms with van der Waals surface area (Å²) in [5, 5.41) is 10.7. The van der Waals surface area contributed by atoms with Gasteiger partial charge in [-0.2, -0.15) is 0 Å². The Bertz CT molecular complexity index is 657. The predicted octanol–water partition coefficient (Wildman–Crippen LogP) is 1.58. The van der Waals surface area contributed by atoms with Crippen molar-refractivity contribution in [1.82, 2.24) is 15.6 Å². The molecule has 0 saturated carbocycles. The van der Waals surface area contributed by atoms with Crippen molar-refractivity contribution < 1.29 is 18.6 Å². The van der Waals surface area contributed by atoms with Gasteiger partial charge in [0.25, 0.3) is 5.91 Å². The molecule has 1 N–H and O–H groups in total. The molecule has 2 aromatic rings. The van der Waals surface area contributed by atoms with E-state index in [0.717, 1.165) is 11.5 Å². The highest BCUT2D eigenvalue weighted by Crippen LogP contribution is 2.21. The molecule has 0 bridgehead atoms. The molecule has 7 heteroatoms. The zero-order chi connectivity index (χ0) is 15.7. The third-order valence-corrected chi connectivity index (χ3v) is 3.92. The largest absolute Gasteiger partial charge is 0.379 e. The number of rotatable bonds is 4. The molecule has 1 aliphatic heterocycles. The van der Waals surface area contributed by atoms with Crippen LogP contribution >= 0.6 is 0 Å². The van der Waals surface area contributed by atoms with Gasteiger partial charge in [-0.05, 0) is 20.8 Å². The fourth-order valence-electron chi connectivity index (χ4n) is 2.78. The van der Waals surface area contributed by atoms with Crippen molar-refractivity contribution in [2.24, 2.45) is 5.92 Å². The van der Waals surface area contributed by atoms with Crippen LogP contribution in [0.3, 0.4) is 0 Å². The maximum atomic E-state index is 12.4. The third-order valence-electron chi connectivity index (χ3n) is 3.92. The number of aromatic nitrogens is 2. The van der Waals surface area contributed by atoms with Crippen molar-refractivity contribution in [3.8, 4) is 0 Å². The third kappa shape index (κ3) is 2.89. The first-order chi connectivity index (χ1) is 10.5. The van der Waals surface area contributed by atoms with E-state index in [0.29, 0.717) is 36.7 Å². The van der Waals surface area contributed by atoms with Crippen LogP contribution in [0.1, 0.15) is 33.3 Å². The average molecular weight is 305 g/mol. The van der Waals surface area contributed by atoms with Gasteiger partial charge >= 0.3 is 0 Å². The van der Waals surface area contributed by atoms with Gasteiger partial charge in [0, 0.05) is 18.4 Å². The van der Waals surface area contributed by atoms with Gasteiger partial charge < -0.3 is 19.1 Å². The van der Waals surface area contributed by atoms with Gasteiger partial charge in [0.05, 0.1) is 30.6 Å². The van der Waals surface area contributed by atoms with Crippen LogP contribution in [0.2, 0.25) is 0 Å². The number of ether oxygens (including phenoxy) is 1. The molecule has 0 unspecified atom stereocenters. The number of nitrogens with one attached hydrogen (secondary N) is 1. The molecule has 1 aliphatic rings. The molecular weight excluding hydrogens is 286 g/mol. The standard InChI is InChI=1S/C15H19N3O4/c1-8-4-12(22-17-8)5-11-6-20-7-13(11)16-15(19)14-9(2)18-21-10(14)3/h4,11,13H,5-7H2,1-3H3,(H,16,19)/t11-,13+/m0/s1.